The van der Waals surface area contributed by atoms with Gasteiger partial charge in [0.1, 0.15) is 11.9 Å². The average Bonchev–Trinajstić information content (AvgIpc) is 2.94. The predicted octanol–water partition coefficient (Wildman–Crippen LogP) is 2.52. The number of nitrogens with zero attached hydrogens (tertiary/aromatic N) is 2. The molecule has 0 saturated heterocycles. The summed E-state index contributed by atoms with van der Waals surface area (Å²) in [6.45, 7) is 2.06. The van der Waals surface area contributed by atoms with E-state index < -0.39 is 0 Å². The van der Waals surface area contributed by atoms with Crippen molar-refractivity contribution >= 4 is 5.82 Å². The van der Waals surface area contributed by atoms with Gasteiger partial charge in [-0.15, -0.1) is 0 Å². The third-order valence-electron chi connectivity index (χ3n) is 3.63. The Morgan fingerprint density at radius 3 is 2.72 bits per heavy atom. The second-order valence-electron chi connectivity index (χ2n) is 4.79. The van der Waals surface area contributed by atoms with Gasteiger partial charge in [0, 0.05) is 24.8 Å². The van der Waals surface area contributed by atoms with Crippen LogP contribution in [0.4, 0.5) is 5.82 Å². The fourth-order valence-corrected chi connectivity index (χ4v) is 2.59. The van der Waals surface area contributed by atoms with Gasteiger partial charge >= 0.3 is 0 Å². The van der Waals surface area contributed by atoms with E-state index in [0.717, 1.165) is 17.9 Å². The fraction of sp³-hybridized carbons (Fsp3) is 0.692. The first-order valence-corrected chi connectivity index (χ1v) is 6.66. The fourth-order valence-electron chi connectivity index (χ4n) is 2.59. The Hall–Kier alpha value is -1.20. The second kappa shape index (κ2) is 6.11. The van der Waals surface area contributed by atoms with Crippen LogP contribution >= 0.6 is 0 Å². The number of aromatic nitrogens is 2. The highest BCUT2D eigenvalue weighted by Gasteiger charge is 2.21. The van der Waals surface area contributed by atoms with E-state index in [9.17, 15) is 0 Å². The summed E-state index contributed by atoms with van der Waals surface area (Å²) in [6, 6.07) is 1.96. The highest BCUT2D eigenvalue weighted by atomic mass is 16.5. The number of nitrogen functional groups attached to an aromatic ring is 1. The van der Waals surface area contributed by atoms with Gasteiger partial charge < -0.3 is 10.2 Å². The van der Waals surface area contributed by atoms with Crippen molar-refractivity contribution in [2.45, 2.75) is 51.0 Å². The Morgan fingerprint density at radius 2 is 2.17 bits per heavy atom. The smallest absolute Gasteiger partial charge is 0.159 e. The molecule has 0 spiro atoms. The van der Waals surface area contributed by atoms with Gasteiger partial charge in [0.2, 0.25) is 0 Å². The van der Waals surface area contributed by atoms with Crippen LogP contribution in [-0.2, 0) is 4.74 Å². The first kappa shape index (κ1) is 13.2. The average molecular weight is 250 g/mol. The first-order chi connectivity index (χ1) is 8.78. The molecule has 100 valence electrons. The summed E-state index contributed by atoms with van der Waals surface area (Å²) in [5.74, 6) is 7.45. The zero-order valence-electron chi connectivity index (χ0n) is 11.1. The molecule has 1 aliphatic carbocycles. The number of hydrogen-bond acceptors (Lipinski definition) is 5. The second-order valence-corrected chi connectivity index (χ2v) is 4.79. The van der Waals surface area contributed by atoms with Gasteiger partial charge in [-0.3, -0.25) is 0 Å². The molecule has 1 atom stereocenters. The summed E-state index contributed by atoms with van der Waals surface area (Å²) in [5.41, 5.74) is 3.73. The molecule has 5 nitrogen and oxygen atoms in total. The molecule has 0 bridgehead atoms. The molecule has 1 aliphatic rings. The standard InChI is InChI=1S/C13H22N4O/c1-3-11(18-2)13-15-10(8-12(16-13)17-14)9-6-4-5-7-9/h8-9,11H,3-7,14H2,1-2H3,(H,15,16,17). The molecule has 3 N–H and O–H groups in total. The number of methoxy groups -OCH3 is 1. The summed E-state index contributed by atoms with van der Waals surface area (Å²) in [5, 5.41) is 0. The van der Waals surface area contributed by atoms with Crippen molar-refractivity contribution in [3.8, 4) is 0 Å². The van der Waals surface area contributed by atoms with Crippen LogP contribution in [0, 0.1) is 0 Å². The van der Waals surface area contributed by atoms with E-state index in [-0.39, 0.29) is 6.10 Å². The molecule has 0 aliphatic heterocycles. The van der Waals surface area contributed by atoms with E-state index in [1.807, 2.05) is 6.07 Å². The molecule has 0 radical (unpaired) electrons. The predicted molar refractivity (Wildman–Crippen MR) is 71.1 cm³/mol. The highest BCUT2D eigenvalue weighted by Crippen LogP contribution is 2.34. The zero-order chi connectivity index (χ0) is 13.0. The number of rotatable bonds is 5. The topological polar surface area (TPSA) is 73.1 Å². The normalized spacial score (nSPS) is 17.9. The van der Waals surface area contributed by atoms with Crippen molar-refractivity contribution in [3.05, 3.63) is 17.6 Å². The first-order valence-electron chi connectivity index (χ1n) is 6.66. The van der Waals surface area contributed by atoms with Crippen LogP contribution < -0.4 is 11.3 Å². The zero-order valence-corrected chi connectivity index (χ0v) is 11.1. The van der Waals surface area contributed by atoms with Crippen molar-refractivity contribution in [1.82, 2.24) is 9.97 Å². The SMILES string of the molecule is CCC(OC)c1nc(NN)cc(C2CCCC2)n1. The highest BCUT2D eigenvalue weighted by molar-refractivity contribution is 5.36. The monoisotopic (exact) mass is 250 g/mol. The van der Waals surface area contributed by atoms with Crippen LogP contribution in [0.2, 0.25) is 0 Å². The van der Waals surface area contributed by atoms with E-state index >= 15 is 0 Å². The third-order valence-corrected chi connectivity index (χ3v) is 3.63. The molecular formula is C13H22N4O. The lowest BCUT2D eigenvalue weighted by Crippen LogP contribution is -2.15. The van der Waals surface area contributed by atoms with Crippen LogP contribution in [0.15, 0.2) is 6.07 Å². The van der Waals surface area contributed by atoms with E-state index in [1.165, 1.54) is 25.7 Å². The maximum Gasteiger partial charge on any atom is 0.159 e. The van der Waals surface area contributed by atoms with Gasteiger partial charge in [-0.25, -0.2) is 15.8 Å². The Kier molecular flexibility index (Phi) is 4.49. The van der Waals surface area contributed by atoms with Gasteiger partial charge in [-0.2, -0.15) is 0 Å². The Bertz CT molecular complexity index is 366. The molecule has 18 heavy (non-hydrogen) atoms. The molecule has 0 aromatic carbocycles. The summed E-state index contributed by atoms with van der Waals surface area (Å²) in [4.78, 5) is 9.07. The number of hydrazine groups is 1. The van der Waals surface area contributed by atoms with Crippen LogP contribution in [0.1, 0.15) is 62.6 Å². The van der Waals surface area contributed by atoms with E-state index in [0.29, 0.717) is 11.7 Å². The summed E-state index contributed by atoms with van der Waals surface area (Å²) in [7, 11) is 1.69. The van der Waals surface area contributed by atoms with Crippen molar-refractivity contribution in [2.24, 2.45) is 5.84 Å². The minimum atomic E-state index is -0.0570. The lowest BCUT2D eigenvalue weighted by atomic mass is 10.0. The molecule has 1 aromatic heterocycles. The van der Waals surface area contributed by atoms with Gasteiger partial charge in [0.05, 0.1) is 0 Å². The molecule has 1 fully saturated rings. The van der Waals surface area contributed by atoms with E-state index in [1.54, 1.807) is 7.11 Å². The van der Waals surface area contributed by atoms with E-state index in [2.05, 4.69) is 22.3 Å². The molecule has 0 amide bonds. The Balaban J connectivity index is 2.31. The quantitative estimate of drug-likeness (QED) is 0.620. The van der Waals surface area contributed by atoms with Crippen LogP contribution in [-0.4, -0.2) is 17.1 Å². The number of nitrogens with two attached hydrogens (primary N) is 1. The van der Waals surface area contributed by atoms with Crippen LogP contribution in [0.3, 0.4) is 0 Å². The van der Waals surface area contributed by atoms with Gasteiger partial charge in [0.25, 0.3) is 0 Å². The molecule has 2 rings (SSSR count). The number of nitrogens with one attached hydrogen (secondary N) is 1. The van der Waals surface area contributed by atoms with Gasteiger partial charge in [-0.05, 0) is 19.3 Å². The molecule has 1 aromatic rings. The number of ether oxygens (including phenoxy) is 1. The minimum Gasteiger partial charge on any atom is -0.373 e. The third kappa shape index (κ3) is 2.79. The van der Waals surface area contributed by atoms with Gasteiger partial charge in [-0.1, -0.05) is 19.8 Å². The molecular weight excluding hydrogens is 228 g/mol. The van der Waals surface area contributed by atoms with Crippen LogP contribution in [0.25, 0.3) is 0 Å². The number of anilines is 1. The van der Waals surface area contributed by atoms with Crippen molar-refractivity contribution < 1.29 is 4.74 Å². The maximum atomic E-state index is 5.49. The molecule has 1 unspecified atom stereocenters. The largest absolute Gasteiger partial charge is 0.373 e. The van der Waals surface area contributed by atoms with Crippen LogP contribution in [0.5, 0.6) is 0 Å². The van der Waals surface area contributed by atoms with Crippen molar-refractivity contribution in [2.75, 3.05) is 12.5 Å². The van der Waals surface area contributed by atoms with E-state index in [4.69, 9.17) is 10.6 Å². The molecule has 5 heteroatoms. The molecule has 1 heterocycles. The number of hydrogen-bond donors (Lipinski definition) is 2. The lowest BCUT2D eigenvalue weighted by molar-refractivity contribution is 0.0924. The Morgan fingerprint density at radius 1 is 1.44 bits per heavy atom. The van der Waals surface area contributed by atoms with Crippen molar-refractivity contribution in [1.29, 1.82) is 0 Å². The Labute approximate surface area is 108 Å². The lowest BCUT2D eigenvalue weighted by Gasteiger charge is -2.16. The molecule has 1 saturated carbocycles. The summed E-state index contributed by atoms with van der Waals surface area (Å²) >= 11 is 0. The van der Waals surface area contributed by atoms with Gasteiger partial charge in [0.15, 0.2) is 5.82 Å². The van der Waals surface area contributed by atoms with Crippen molar-refractivity contribution in [3.63, 3.8) is 0 Å². The summed E-state index contributed by atoms with van der Waals surface area (Å²) < 4.78 is 5.41. The summed E-state index contributed by atoms with van der Waals surface area (Å²) in [6.07, 6.45) is 5.80. The maximum absolute atomic E-state index is 5.49. The minimum absolute atomic E-state index is 0.0570.